The van der Waals surface area contributed by atoms with Crippen LogP contribution in [0, 0.1) is 32.1 Å². The van der Waals surface area contributed by atoms with Gasteiger partial charge in [0, 0.05) is 12.5 Å². The van der Waals surface area contributed by atoms with Crippen LogP contribution >= 0.6 is 0 Å². The molecular formula is C17H24N2O. The summed E-state index contributed by atoms with van der Waals surface area (Å²) >= 11 is 0. The first kappa shape index (κ1) is 14.9. The second-order valence-corrected chi connectivity index (χ2v) is 6.17. The summed E-state index contributed by atoms with van der Waals surface area (Å²) in [6.07, 6.45) is 3.08. The Labute approximate surface area is 121 Å². The molecule has 1 fully saturated rings. The summed E-state index contributed by atoms with van der Waals surface area (Å²) in [7, 11) is 0. The lowest BCUT2D eigenvalue weighted by molar-refractivity contribution is 0.264. The fraction of sp³-hybridized carbons (Fsp3) is 0.588. The van der Waals surface area contributed by atoms with Crippen molar-refractivity contribution in [3.05, 3.63) is 28.8 Å². The lowest BCUT2D eigenvalue weighted by Crippen LogP contribution is -2.43. The van der Waals surface area contributed by atoms with Crippen molar-refractivity contribution in [2.75, 3.05) is 6.61 Å². The van der Waals surface area contributed by atoms with E-state index in [0.717, 1.165) is 5.75 Å². The predicted octanol–water partition coefficient (Wildman–Crippen LogP) is 3.42. The molecule has 3 heteroatoms. The van der Waals surface area contributed by atoms with Crippen LogP contribution in [-0.4, -0.2) is 18.2 Å². The van der Waals surface area contributed by atoms with E-state index in [4.69, 9.17) is 4.74 Å². The SMILES string of the molecule is Cc1cc(C)c(C)c(OCCC(C)(C#N)NC2CC2)c1. The third-order valence-electron chi connectivity index (χ3n) is 3.97. The van der Waals surface area contributed by atoms with Gasteiger partial charge >= 0.3 is 0 Å². The van der Waals surface area contributed by atoms with Crippen LogP contribution in [0.5, 0.6) is 5.75 Å². The van der Waals surface area contributed by atoms with Gasteiger partial charge in [-0.1, -0.05) is 6.07 Å². The summed E-state index contributed by atoms with van der Waals surface area (Å²) in [5.74, 6) is 0.939. The van der Waals surface area contributed by atoms with E-state index in [0.29, 0.717) is 19.1 Å². The first-order chi connectivity index (χ1) is 9.43. The number of hydrogen-bond donors (Lipinski definition) is 1. The molecule has 1 aliphatic carbocycles. The number of rotatable bonds is 6. The highest BCUT2D eigenvalue weighted by atomic mass is 16.5. The highest BCUT2D eigenvalue weighted by Gasteiger charge is 2.32. The van der Waals surface area contributed by atoms with Crippen LogP contribution < -0.4 is 10.1 Å². The summed E-state index contributed by atoms with van der Waals surface area (Å²) in [5.41, 5.74) is 3.17. The Morgan fingerprint density at radius 1 is 1.35 bits per heavy atom. The van der Waals surface area contributed by atoms with Crippen LogP contribution in [0.2, 0.25) is 0 Å². The molecule has 0 aromatic heterocycles. The van der Waals surface area contributed by atoms with E-state index in [2.05, 4.69) is 44.3 Å². The summed E-state index contributed by atoms with van der Waals surface area (Å²) in [4.78, 5) is 0. The molecular weight excluding hydrogens is 248 g/mol. The molecule has 1 N–H and O–H groups in total. The summed E-state index contributed by atoms with van der Waals surface area (Å²) < 4.78 is 5.91. The van der Waals surface area contributed by atoms with Gasteiger partial charge in [0.15, 0.2) is 0 Å². The van der Waals surface area contributed by atoms with Gasteiger partial charge in [0.2, 0.25) is 0 Å². The van der Waals surface area contributed by atoms with Crippen molar-refractivity contribution in [1.29, 1.82) is 5.26 Å². The van der Waals surface area contributed by atoms with Crippen LogP contribution in [-0.2, 0) is 0 Å². The van der Waals surface area contributed by atoms with Gasteiger partial charge in [-0.3, -0.25) is 5.32 Å². The molecule has 0 amide bonds. The van der Waals surface area contributed by atoms with Gasteiger partial charge in [0.25, 0.3) is 0 Å². The lowest BCUT2D eigenvalue weighted by Gasteiger charge is -2.23. The smallest absolute Gasteiger partial charge is 0.122 e. The fourth-order valence-electron chi connectivity index (χ4n) is 2.35. The maximum atomic E-state index is 9.33. The third-order valence-corrected chi connectivity index (χ3v) is 3.97. The van der Waals surface area contributed by atoms with Gasteiger partial charge in [-0.15, -0.1) is 0 Å². The van der Waals surface area contributed by atoms with Crippen molar-refractivity contribution in [1.82, 2.24) is 5.32 Å². The van der Waals surface area contributed by atoms with Crippen molar-refractivity contribution in [2.45, 2.75) is 58.5 Å². The van der Waals surface area contributed by atoms with Gasteiger partial charge in [0.1, 0.15) is 11.3 Å². The van der Waals surface area contributed by atoms with Gasteiger partial charge in [-0.25, -0.2) is 0 Å². The van der Waals surface area contributed by atoms with Crippen LogP contribution in [0.4, 0.5) is 0 Å². The molecule has 3 nitrogen and oxygen atoms in total. The van der Waals surface area contributed by atoms with Gasteiger partial charge in [-0.2, -0.15) is 5.26 Å². The number of nitrogens with one attached hydrogen (secondary N) is 1. The molecule has 0 aliphatic heterocycles. The Morgan fingerprint density at radius 3 is 2.65 bits per heavy atom. The molecule has 1 aromatic carbocycles. The minimum atomic E-state index is -0.478. The van der Waals surface area contributed by atoms with Crippen molar-refractivity contribution in [3.8, 4) is 11.8 Å². The number of benzene rings is 1. The molecule has 2 rings (SSSR count). The fourth-order valence-corrected chi connectivity index (χ4v) is 2.35. The quantitative estimate of drug-likeness (QED) is 0.863. The second-order valence-electron chi connectivity index (χ2n) is 6.17. The van der Waals surface area contributed by atoms with E-state index < -0.39 is 5.54 Å². The Hall–Kier alpha value is -1.53. The molecule has 0 heterocycles. The average Bonchev–Trinajstić information content (AvgIpc) is 3.19. The molecule has 0 saturated heterocycles. The normalized spacial score (nSPS) is 17.4. The molecule has 108 valence electrons. The zero-order valence-electron chi connectivity index (χ0n) is 12.9. The van der Waals surface area contributed by atoms with E-state index >= 15 is 0 Å². The number of hydrogen-bond acceptors (Lipinski definition) is 3. The highest BCUT2D eigenvalue weighted by Crippen LogP contribution is 2.26. The van der Waals surface area contributed by atoms with E-state index in [1.54, 1.807) is 0 Å². The zero-order chi connectivity index (χ0) is 14.8. The van der Waals surface area contributed by atoms with Gasteiger partial charge in [-0.05, 0) is 63.3 Å². The molecule has 0 radical (unpaired) electrons. The maximum absolute atomic E-state index is 9.33. The molecule has 1 saturated carbocycles. The summed E-state index contributed by atoms with van der Waals surface area (Å²) in [6.45, 7) is 8.78. The Balaban J connectivity index is 1.93. The number of nitrogens with zero attached hydrogens (tertiary/aromatic N) is 1. The van der Waals surface area contributed by atoms with Crippen molar-refractivity contribution < 1.29 is 4.74 Å². The molecule has 0 bridgehead atoms. The van der Waals surface area contributed by atoms with Crippen molar-refractivity contribution in [2.24, 2.45) is 0 Å². The van der Waals surface area contributed by atoms with Crippen molar-refractivity contribution >= 4 is 0 Å². The van der Waals surface area contributed by atoms with Crippen LogP contribution in [0.25, 0.3) is 0 Å². The standard InChI is InChI=1S/C17H24N2O/c1-12-9-13(2)14(3)16(10-12)20-8-7-17(4,11-18)19-15-5-6-15/h9-10,15,19H,5-8H2,1-4H3. The maximum Gasteiger partial charge on any atom is 0.122 e. The van der Waals surface area contributed by atoms with Crippen LogP contribution in [0.1, 0.15) is 42.9 Å². The number of aryl methyl sites for hydroxylation is 2. The number of nitriles is 1. The van der Waals surface area contributed by atoms with Crippen molar-refractivity contribution in [3.63, 3.8) is 0 Å². The van der Waals surface area contributed by atoms with E-state index in [1.807, 2.05) is 6.92 Å². The second kappa shape index (κ2) is 5.85. The first-order valence-corrected chi connectivity index (χ1v) is 7.33. The monoisotopic (exact) mass is 272 g/mol. The summed E-state index contributed by atoms with van der Waals surface area (Å²) in [6, 6.07) is 7.15. The predicted molar refractivity (Wildman–Crippen MR) is 80.9 cm³/mol. The Morgan fingerprint density at radius 2 is 2.05 bits per heavy atom. The molecule has 1 atom stereocenters. The summed E-state index contributed by atoms with van der Waals surface area (Å²) in [5, 5.41) is 12.7. The highest BCUT2D eigenvalue weighted by molar-refractivity contribution is 5.41. The van der Waals surface area contributed by atoms with E-state index in [9.17, 15) is 5.26 Å². The molecule has 1 unspecified atom stereocenters. The molecule has 1 aromatic rings. The lowest BCUT2D eigenvalue weighted by atomic mass is 10.0. The first-order valence-electron chi connectivity index (χ1n) is 7.33. The Bertz CT molecular complexity index is 529. The average molecular weight is 272 g/mol. The van der Waals surface area contributed by atoms with Gasteiger partial charge in [0.05, 0.1) is 12.7 Å². The van der Waals surface area contributed by atoms with E-state index in [-0.39, 0.29) is 0 Å². The van der Waals surface area contributed by atoms with Gasteiger partial charge < -0.3 is 4.74 Å². The van der Waals surface area contributed by atoms with E-state index in [1.165, 1.54) is 29.5 Å². The molecule has 0 spiro atoms. The largest absolute Gasteiger partial charge is 0.493 e. The minimum Gasteiger partial charge on any atom is -0.493 e. The molecule has 1 aliphatic rings. The topological polar surface area (TPSA) is 45.0 Å². The van der Waals surface area contributed by atoms with Crippen LogP contribution in [0.15, 0.2) is 12.1 Å². The number of ether oxygens (including phenoxy) is 1. The van der Waals surface area contributed by atoms with Crippen LogP contribution in [0.3, 0.4) is 0 Å². The Kier molecular flexibility index (Phi) is 4.35. The minimum absolute atomic E-state index is 0.478. The molecule has 20 heavy (non-hydrogen) atoms. The zero-order valence-corrected chi connectivity index (χ0v) is 12.9. The third kappa shape index (κ3) is 3.74.